The van der Waals surface area contributed by atoms with Gasteiger partial charge in [0.15, 0.2) is 0 Å². The molecular weight excluding hydrogens is 340 g/mol. The third-order valence-corrected chi connectivity index (χ3v) is 4.77. The van der Waals surface area contributed by atoms with Crippen LogP contribution in [0.3, 0.4) is 0 Å². The fourth-order valence-electron chi connectivity index (χ4n) is 3.13. The Hall–Kier alpha value is -3.17. The average Bonchev–Trinajstić information content (AvgIpc) is 2.73. The topological polar surface area (TPSA) is 76.4 Å². The van der Waals surface area contributed by atoms with E-state index in [0.717, 1.165) is 19.6 Å². The van der Waals surface area contributed by atoms with Crippen LogP contribution in [-0.4, -0.2) is 54.3 Å². The molecule has 6 nitrogen and oxygen atoms in total. The average molecular weight is 362 g/mol. The number of benzene rings is 2. The molecule has 0 unspecified atom stereocenters. The summed E-state index contributed by atoms with van der Waals surface area (Å²) in [6, 6.07) is 15.6. The molecule has 1 N–H and O–H groups in total. The summed E-state index contributed by atoms with van der Waals surface area (Å²) in [5.74, 6) is -0.402. The number of nitrogens with zero attached hydrogens (tertiary/aromatic N) is 3. The number of anilines is 1. The lowest BCUT2D eigenvalue weighted by atomic mass is 10.1. The number of amides is 2. The molecule has 0 saturated carbocycles. The van der Waals surface area contributed by atoms with Crippen molar-refractivity contribution in [2.75, 3.05) is 38.0 Å². The Morgan fingerprint density at radius 1 is 1.04 bits per heavy atom. The van der Waals surface area contributed by atoms with Crippen LogP contribution in [0.5, 0.6) is 0 Å². The van der Waals surface area contributed by atoms with Crippen molar-refractivity contribution in [2.24, 2.45) is 0 Å². The summed E-state index contributed by atoms with van der Waals surface area (Å²) in [6.45, 7) is 6.23. The molecule has 138 valence electrons. The van der Waals surface area contributed by atoms with E-state index in [1.807, 2.05) is 4.90 Å². The molecule has 0 radical (unpaired) electrons. The Morgan fingerprint density at radius 2 is 1.74 bits per heavy atom. The van der Waals surface area contributed by atoms with Gasteiger partial charge in [0.2, 0.25) is 0 Å². The maximum atomic E-state index is 12.8. The number of carbonyl (C=O) groups excluding carboxylic acids is 2. The van der Waals surface area contributed by atoms with Gasteiger partial charge >= 0.3 is 0 Å². The van der Waals surface area contributed by atoms with E-state index >= 15 is 0 Å². The van der Waals surface area contributed by atoms with Crippen LogP contribution in [0.2, 0.25) is 0 Å². The number of para-hydroxylation sites is 1. The van der Waals surface area contributed by atoms with Crippen LogP contribution in [-0.2, 0) is 0 Å². The second kappa shape index (κ2) is 8.47. The van der Waals surface area contributed by atoms with Gasteiger partial charge in [-0.2, -0.15) is 5.26 Å². The number of carbonyl (C=O) groups is 2. The first kappa shape index (κ1) is 18.6. The van der Waals surface area contributed by atoms with Gasteiger partial charge < -0.3 is 15.1 Å². The normalized spacial score (nSPS) is 14.4. The van der Waals surface area contributed by atoms with Crippen molar-refractivity contribution in [3.05, 3.63) is 65.2 Å². The lowest BCUT2D eigenvalue weighted by molar-refractivity contribution is 0.0643. The van der Waals surface area contributed by atoms with E-state index in [9.17, 15) is 9.59 Å². The van der Waals surface area contributed by atoms with Crippen LogP contribution in [0, 0.1) is 11.3 Å². The Bertz CT molecular complexity index is 880. The van der Waals surface area contributed by atoms with E-state index in [1.165, 1.54) is 0 Å². The van der Waals surface area contributed by atoms with Crippen molar-refractivity contribution in [1.82, 2.24) is 9.80 Å². The highest BCUT2D eigenvalue weighted by atomic mass is 16.2. The molecule has 0 aliphatic carbocycles. The van der Waals surface area contributed by atoms with Crippen LogP contribution in [0.1, 0.15) is 33.2 Å². The van der Waals surface area contributed by atoms with E-state index in [4.69, 9.17) is 5.26 Å². The van der Waals surface area contributed by atoms with Crippen molar-refractivity contribution in [3.63, 3.8) is 0 Å². The van der Waals surface area contributed by atoms with Gasteiger partial charge in [-0.15, -0.1) is 0 Å². The zero-order valence-electron chi connectivity index (χ0n) is 15.3. The predicted molar refractivity (Wildman–Crippen MR) is 104 cm³/mol. The molecule has 27 heavy (non-hydrogen) atoms. The first-order chi connectivity index (χ1) is 13.1. The summed E-state index contributed by atoms with van der Waals surface area (Å²) in [4.78, 5) is 29.5. The lowest BCUT2D eigenvalue weighted by Gasteiger charge is -2.34. The molecule has 1 saturated heterocycles. The van der Waals surface area contributed by atoms with Crippen molar-refractivity contribution in [3.8, 4) is 6.07 Å². The highest BCUT2D eigenvalue weighted by molar-refractivity contribution is 6.06. The quantitative estimate of drug-likeness (QED) is 0.907. The molecule has 2 aromatic carbocycles. The Balaban J connectivity index is 1.72. The maximum Gasteiger partial charge on any atom is 0.255 e. The Morgan fingerprint density at radius 3 is 2.44 bits per heavy atom. The SMILES string of the molecule is CCN1CCN(C(=O)c2cccc(C(=O)Nc3ccccc3C#N)c2)CC1. The smallest absolute Gasteiger partial charge is 0.255 e. The van der Waals surface area contributed by atoms with E-state index in [-0.39, 0.29) is 11.8 Å². The van der Waals surface area contributed by atoms with Crippen molar-refractivity contribution >= 4 is 17.5 Å². The number of hydrogen-bond acceptors (Lipinski definition) is 4. The zero-order valence-corrected chi connectivity index (χ0v) is 15.3. The zero-order chi connectivity index (χ0) is 19.2. The van der Waals surface area contributed by atoms with E-state index in [1.54, 1.807) is 48.5 Å². The number of hydrogen-bond donors (Lipinski definition) is 1. The summed E-state index contributed by atoms with van der Waals surface area (Å²) in [6.07, 6.45) is 0. The van der Waals surface area contributed by atoms with Gasteiger partial charge in [0.1, 0.15) is 6.07 Å². The summed E-state index contributed by atoms with van der Waals surface area (Å²) in [7, 11) is 0. The van der Waals surface area contributed by atoms with Crippen molar-refractivity contribution in [2.45, 2.75) is 6.92 Å². The largest absolute Gasteiger partial charge is 0.336 e. The number of nitrogens with one attached hydrogen (secondary N) is 1. The van der Waals surface area contributed by atoms with E-state index in [2.05, 4.69) is 23.2 Å². The monoisotopic (exact) mass is 362 g/mol. The summed E-state index contributed by atoms with van der Waals surface area (Å²) >= 11 is 0. The lowest BCUT2D eigenvalue weighted by Crippen LogP contribution is -2.48. The number of likely N-dealkylation sites (N-methyl/N-ethyl adjacent to an activating group) is 1. The number of rotatable bonds is 4. The van der Waals surface area contributed by atoms with Gasteiger partial charge in [0.25, 0.3) is 11.8 Å². The van der Waals surface area contributed by atoms with E-state index in [0.29, 0.717) is 35.5 Å². The Labute approximate surface area is 159 Å². The highest BCUT2D eigenvalue weighted by Crippen LogP contribution is 2.16. The highest BCUT2D eigenvalue weighted by Gasteiger charge is 2.22. The van der Waals surface area contributed by atoms with Crippen LogP contribution in [0.15, 0.2) is 48.5 Å². The summed E-state index contributed by atoms with van der Waals surface area (Å²) in [5.41, 5.74) is 1.74. The van der Waals surface area contributed by atoms with Gasteiger partial charge in [0, 0.05) is 37.3 Å². The molecule has 3 rings (SSSR count). The van der Waals surface area contributed by atoms with Gasteiger partial charge in [-0.05, 0) is 36.9 Å². The maximum absolute atomic E-state index is 12.8. The second-order valence-corrected chi connectivity index (χ2v) is 6.42. The molecule has 6 heteroatoms. The van der Waals surface area contributed by atoms with Gasteiger partial charge in [0.05, 0.1) is 11.3 Å². The molecule has 2 aromatic rings. The molecular formula is C21H22N4O2. The first-order valence-corrected chi connectivity index (χ1v) is 9.04. The van der Waals surface area contributed by atoms with Crippen molar-refractivity contribution in [1.29, 1.82) is 5.26 Å². The third-order valence-electron chi connectivity index (χ3n) is 4.77. The molecule has 2 amide bonds. The fourth-order valence-corrected chi connectivity index (χ4v) is 3.13. The van der Waals surface area contributed by atoms with Crippen LogP contribution in [0.4, 0.5) is 5.69 Å². The minimum absolute atomic E-state index is 0.0576. The van der Waals surface area contributed by atoms with Crippen LogP contribution < -0.4 is 5.32 Å². The van der Waals surface area contributed by atoms with Gasteiger partial charge in [-0.1, -0.05) is 25.1 Å². The first-order valence-electron chi connectivity index (χ1n) is 9.04. The molecule has 0 atom stereocenters. The fraction of sp³-hybridized carbons (Fsp3) is 0.286. The minimum atomic E-state index is -0.344. The molecule has 0 aromatic heterocycles. The molecule has 1 heterocycles. The Kier molecular flexibility index (Phi) is 5.84. The third kappa shape index (κ3) is 4.33. The molecule has 0 bridgehead atoms. The van der Waals surface area contributed by atoms with Gasteiger partial charge in [-0.25, -0.2) is 0 Å². The predicted octanol–water partition coefficient (Wildman–Crippen LogP) is 2.59. The molecule has 1 aliphatic heterocycles. The van der Waals surface area contributed by atoms with Crippen molar-refractivity contribution < 1.29 is 9.59 Å². The van der Waals surface area contributed by atoms with Crippen LogP contribution >= 0.6 is 0 Å². The van der Waals surface area contributed by atoms with Crippen LogP contribution in [0.25, 0.3) is 0 Å². The minimum Gasteiger partial charge on any atom is -0.336 e. The molecule has 1 fully saturated rings. The number of nitriles is 1. The molecule has 1 aliphatic rings. The molecule has 0 spiro atoms. The second-order valence-electron chi connectivity index (χ2n) is 6.42. The number of piperazine rings is 1. The summed E-state index contributed by atoms with van der Waals surface area (Å²) in [5, 5.41) is 11.9. The van der Waals surface area contributed by atoms with E-state index < -0.39 is 0 Å². The summed E-state index contributed by atoms with van der Waals surface area (Å²) < 4.78 is 0. The standard InChI is InChI=1S/C21H22N4O2/c1-2-24-10-12-25(13-11-24)21(27)17-8-5-7-16(14-17)20(26)23-19-9-4-3-6-18(19)15-22/h3-9,14H,2,10-13H2,1H3,(H,23,26). The van der Waals surface area contributed by atoms with Gasteiger partial charge in [-0.3, -0.25) is 9.59 Å².